The summed E-state index contributed by atoms with van der Waals surface area (Å²) in [5, 5.41) is 14.0. The van der Waals surface area contributed by atoms with Crippen LogP contribution in [0.5, 0.6) is 17.2 Å². The van der Waals surface area contributed by atoms with E-state index in [1.165, 1.54) is 6.07 Å². The number of hydrogen-bond acceptors (Lipinski definition) is 5. The van der Waals surface area contributed by atoms with E-state index in [1.807, 2.05) is 36.4 Å². The quantitative estimate of drug-likeness (QED) is 0.294. The number of rotatable bonds is 9. The summed E-state index contributed by atoms with van der Waals surface area (Å²) in [6, 6.07) is 24.5. The van der Waals surface area contributed by atoms with E-state index in [0.717, 1.165) is 22.9 Å². The number of carboxylic acid groups (broad SMARTS) is 1. The molecule has 7 nitrogen and oxygen atoms in total. The van der Waals surface area contributed by atoms with E-state index >= 15 is 0 Å². The molecule has 0 aliphatic carbocycles. The van der Waals surface area contributed by atoms with Gasteiger partial charge in [-0.1, -0.05) is 24.3 Å². The lowest BCUT2D eigenvalue weighted by molar-refractivity contribution is 0.0698. The number of para-hydroxylation sites is 1. The fourth-order valence-corrected chi connectivity index (χ4v) is 3.41. The Hall–Kier alpha value is -4.36. The molecule has 0 spiro atoms. The molecule has 1 amide bonds. The minimum atomic E-state index is -1.11. The number of nitrogens with two attached hydrogens (primary N) is 1. The molecule has 4 aromatic carbocycles. The number of carbonyl (C=O) groups excluding carboxylic acids is 1. The summed E-state index contributed by atoms with van der Waals surface area (Å²) in [6.07, 6.45) is 0.806. The number of hydrogen-bond donors (Lipinski definition) is 3. The van der Waals surface area contributed by atoms with Crippen molar-refractivity contribution in [2.24, 2.45) is 5.73 Å². The molecule has 0 aromatic heterocycles. The first-order valence-electron chi connectivity index (χ1n) is 10.8. The monoisotopic (exact) mass is 456 g/mol. The fraction of sp³-hybridized carbons (Fsp3) is 0.111. The maximum Gasteiger partial charge on any atom is 0.337 e. The van der Waals surface area contributed by atoms with E-state index in [0.29, 0.717) is 30.2 Å². The smallest absolute Gasteiger partial charge is 0.337 e. The van der Waals surface area contributed by atoms with Gasteiger partial charge in [0.2, 0.25) is 0 Å². The van der Waals surface area contributed by atoms with Gasteiger partial charge in [-0.05, 0) is 84.4 Å². The first-order chi connectivity index (χ1) is 16.5. The van der Waals surface area contributed by atoms with Gasteiger partial charge in [0.15, 0.2) is 0 Å². The van der Waals surface area contributed by atoms with Crippen molar-refractivity contribution >= 4 is 28.3 Å². The van der Waals surface area contributed by atoms with Crippen molar-refractivity contribution in [2.75, 3.05) is 18.5 Å². The molecule has 0 unspecified atom stereocenters. The van der Waals surface area contributed by atoms with Gasteiger partial charge >= 0.3 is 5.97 Å². The molecule has 4 N–H and O–H groups in total. The van der Waals surface area contributed by atoms with E-state index in [1.54, 1.807) is 42.5 Å². The molecule has 0 saturated carbocycles. The van der Waals surface area contributed by atoms with Crippen LogP contribution in [0.1, 0.15) is 27.1 Å². The van der Waals surface area contributed by atoms with Crippen molar-refractivity contribution < 1.29 is 24.2 Å². The predicted octanol–water partition coefficient (Wildman–Crippen LogP) is 5.31. The summed E-state index contributed by atoms with van der Waals surface area (Å²) < 4.78 is 11.6. The molecule has 0 heterocycles. The summed E-state index contributed by atoms with van der Waals surface area (Å²) in [5.74, 6) is 0.524. The maximum atomic E-state index is 12.6. The van der Waals surface area contributed by atoms with Gasteiger partial charge in [0.05, 0.1) is 17.9 Å². The van der Waals surface area contributed by atoms with Crippen LogP contribution in [0.3, 0.4) is 0 Å². The molecule has 0 aliphatic heterocycles. The van der Waals surface area contributed by atoms with Crippen LogP contribution < -0.4 is 20.5 Å². The van der Waals surface area contributed by atoms with Gasteiger partial charge in [-0.2, -0.15) is 0 Å². The van der Waals surface area contributed by atoms with Gasteiger partial charge in [0.1, 0.15) is 17.2 Å². The summed E-state index contributed by atoms with van der Waals surface area (Å²) in [4.78, 5) is 23.9. The van der Waals surface area contributed by atoms with Crippen LogP contribution >= 0.6 is 0 Å². The zero-order valence-electron chi connectivity index (χ0n) is 18.4. The number of fused-ring (bicyclic) bond motifs is 1. The minimum absolute atomic E-state index is 0.0290. The Labute approximate surface area is 196 Å². The number of benzene rings is 4. The largest absolute Gasteiger partial charge is 0.494 e. The lowest BCUT2D eigenvalue weighted by Crippen LogP contribution is -2.14. The van der Waals surface area contributed by atoms with E-state index < -0.39 is 11.9 Å². The third-order valence-corrected chi connectivity index (χ3v) is 5.16. The van der Waals surface area contributed by atoms with Crippen LogP contribution in [0.4, 0.5) is 5.69 Å². The summed E-state index contributed by atoms with van der Waals surface area (Å²) in [5.41, 5.74) is 6.15. The maximum absolute atomic E-state index is 12.6. The lowest BCUT2D eigenvalue weighted by atomic mass is 10.1. The number of nitrogens with one attached hydrogen (secondary N) is 1. The predicted molar refractivity (Wildman–Crippen MR) is 131 cm³/mol. The molecule has 0 fully saturated rings. The van der Waals surface area contributed by atoms with E-state index in [4.69, 9.17) is 15.2 Å². The third kappa shape index (κ3) is 5.51. The van der Waals surface area contributed by atoms with Gasteiger partial charge in [0, 0.05) is 5.56 Å². The zero-order chi connectivity index (χ0) is 23.9. The minimum Gasteiger partial charge on any atom is -0.494 e. The summed E-state index contributed by atoms with van der Waals surface area (Å²) >= 11 is 0. The van der Waals surface area contributed by atoms with Crippen molar-refractivity contribution in [3.05, 3.63) is 96.1 Å². The standard InChI is InChI=1S/C27H24N2O5/c28-14-3-15-33-22-12-8-20-17-23(13-9-19(20)16-22)34-21-10-6-18(7-11-21)26(30)29-25-5-2-1-4-24(25)27(31)32/h1-2,4-13,16-17H,3,14-15,28H2,(H,29,30)(H,31,32). The Bertz CT molecular complexity index is 1320. The van der Waals surface area contributed by atoms with Gasteiger partial charge < -0.3 is 25.6 Å². The van der Waals surface area contributed by atoms with Crippen molar-refractivity contribution in [3.63, 3.8) is 0 Å². The molecule has 0 bridgehead atoms. The Morgan fingerprint density at radius 2 is 1.47 bits per heavy atom. The number of amides is 1. The topological polar surface area (TPSA) is 111 Å². The molecule has 4 aromatic rings. The van der Waals surface area contributed by atoms with E-state index in [9.17, 15) is 14.7 Å². The van der Waals surface area contributed by atoms with Gasteiger partial charge in [-0.25, -0.2) is 4.79 Å². The second-order valence-electron chi connectivity index (χ2n) is 7.59. The molecule has 0 saturated heterocycles. The first kappa shape index (κ1) is 22.8. The molecule has 4 rings (SSSR count). The van der Waals surface area contributed by atoms with Gasteiger partial charge in [-0.3, -0.25) is 4.79 Å². The normalized spacial score (nSPS) is 10.6. The first-order valence-corrected chi connectivity index (χ1v) is 10.8. The van der Waals surface area contributed by atoms with Crippen LogP contribution in [-0.4, -0.2) is 30.1 Å². The molecular weight excluding hydrogens is 432 g/mol. The molecule has 172 valence electrons. The fourth-order valence-electron chi connectivity index (χ4n) is 3.41. The summed E-state index contributed by atoms with van der Waals surface area (Å²) in [7, 11) is 0. The van der Waals surface area contributed by atoms with E-state index in [-0.39, 0.29) is 11.3 Å². The summed E-state index contributed by atoms with van der Waals surface area (Å²) in [6.45, 7) is 1.18. The van der Waals surface area contributed by atoms with Crippen LogP contribution in [0, 0.1) is 0 Å². The second-order valence-corrected chi connectivity index (χ2v) is 7.59. The molecular formula is C27H24N2O5. The van der Waals surface area contributed by atoms with Crippen molar-refractivity contribution in [2.45, 2.75) is 6.42 Å². The van der Waals surface area contributed by atoms with Crippen LogP contribution in [0.15, 0.2) is 84.9 Å². The number of anilines is 1. The average molecular weight is 456 g/mol. The highest BCUT2D eigenvalue weighted by molar-refractivity contribution is 6.07. The van der Waals surface area contributed by atoms with Crippen molar-refractivity contribution in [1.29, 1.82) is 0 Å². The number of aromatic carboxylic acids is 1. The molecule has 7 heteroatoms. The number of ether oxygens (including phenoxy) is 2. The highest BCUT2D eigenvalue weighted by Crippen LogP contribution is 2.28. The molecule has 0 aliphatic rings. The zero-order valence-corrected chi connectivity index (χ0v) is 18.4. The van der Waals surface area contributed by atoms with Crippen molar-refractivity contribution in [3.8, 4) is 17.2 Å². The highest BCUT2D eigenvalue weighted by Gasteiger charge is 2.13. The lowest BCUT2D eigenvalue weighted by Gasteiger charge is -2.10. The van der Waals surface area contributed by atoms with Gasteiger partial charge in [-0.15, -0.1) is 0 Å². The Morgan fingerprint density at radius 3 is 2.18 bits per heavy atom. The number of carbonyl (C=O) groups is 2. The van der Waals surface area contributed by atoms with Crippen LogP contribution in [0.25, 0.3) is 10.8 Å². The SMILES string of the molecule is NCCCOc1ccc2cc(Oc3ccc(C(=O)Nc4ccccc4C(=O)O)cc3)ccc2c1. The third-order valence-electron chi connectivity index (χ3n) is 5.16. The average Bonchev–Trinajstić information content (AvgIpc) is 2.85. The van der Waals surface area contributed by atoms with Crippen molar-refractivity contribution in [1.82, 2.24) is 0 Å². The molecule has 0 radical (unpaired) electrons. The Kier molecular flexibility index (Phi) is 7.05. The van der Waals surface area contributed by atoms with Crippen LogP contribution in [0.2, 0.25) is 0 Å². The second kappa shape index (κ2) is 10.5. The van der Waals surface area contributed by atoms with Gasteiger partial charge in [0.25, 0.3) is 5.91 Å². The molecule has 34 heavy (non-hydrogen) atoms. The highest BCUT2D eigenvalue weighted by atomic mass is 16.5. The van der Waals surface area contributed by atoms with E-state index in [2.05, 4.69) is 5.32 Å². The number of carboxylic acids is 1. The van der Waals surface area contributed by atoms with Crippen LogP contribution in [-0.2, 0) is 0 Å². The Balaban J connectivity index is 1.42. The Morgan fingerprint density at radius 1 is 0.824 bits per heavy atom. The molecule has 0 atom stereocenters.